The number of ether oxygens (including phenoxy) is 1. The Kier molecular flexibility index (Phi) is 9.83. The molecule has 0 aliphatic heterocycles. The number of aromatic carboxylic acids is 3. The molecular weight excluding hydrogens is 459 g/mol. The summed E-state index contributed by atoms with van der Waals surface area (Å²) in [6.45, 7) is 3.30. The van der Waals surface area contributed by atoms with Gasteiger partial charge in [0.2, 0.25) is 5.75 Å². The summed E-state index contributed by atoms with van der Waals surface area (Å²) in [5, 5.41) is 26.2. The molecule has 164 valence electrons. The molecule has 0 unspecified atom stereocenters. The third kappa shape index (κ3) is 6.63. The zero-order chi connectivity index (χ0) is 23.6. The highest BCUT2D eigenvalue weighted by atomic mass is 35.5. The third-order valence-corrected chi connectivity index (χ3v) is 3.76. The number of carboxylic acids is 3. The van der Waals surface area contributed by atoms with Crippen LogP contribution in [0.1, 0.15) is 41.4 Å². The fourth-order valence-corrected chi connectivity index (χ4v) is 2.43. The van der Waals surface area contributed by atoms with Crippen LogP contribution in [0.5, 0.6) is 11.5 Å². The van der Waals surface area contributed by atoms with Crippen LogP contribution in [0, 0.1) is 0 Å². The first-order valence-corrected chi connectivity index (χ1v) is 8.62. The van der Waals surface area contributed by atoms with Crippen molar-refractivity contribution in [1.29, 1.82) is 0 Å². The Morgan fingerprint density at radius 3 is 1.77 bits per heavy atom. The first-order chi connectivity index (χ1) is 14.7. The number of carbonyl (C=O) groups is 4. The van der Waals surface area contributed by atoms with E-state index in [0.717, 1.165) is 0 Å². The van der Waals surface area contributed by atoms with Crippen LogP contribution in [0.4, 0.5) is 0 Å². The predicted molar refractivity (Wildman–Crippen MR) is 107 cm³/mol. The average Bonchev–Trinajstić information content (AvgIpc) is 2.76. The van der Waals surface area contributed by atoms with E-state index in [4.69, 9.17) is 43.8 Å². The summed E-state index contributed by atoms with van der Waals surface area (Å²) >= 11 is 10.3. The standard InChI is InChI=1S/C11H8Cl2O6.C8H6O4/c1-2-5-17-11(16)6-3-4-7(18-12)9(19-13)8(6)10(14)15;9-7(10)5-3-1-2-4-6(5)8(11)12/h2-4H,1,5H2,(H,14,15);1-4H,(H,9,10)(H,11,12). The molecule has 0 radical (unpaired) electrons. The maximum atomic E-state index is 11.7. The van der Waals surface area contributed by atoms with Crippen molar-refractivity contribution in [2.24, 2.45) is 0 Å². The van der Waals surface area contributed by atoms with E-state index in [1.165, 1.54) is 42.5 Å². The van der Waals surface area contributed by atoms with Crippen molar-refractivity contribution in [1.82, 2.24) is 0 Å². The van der Waals surface area contributed by atoms with Gasteiger partial charge in [-0.3, -0.25) is 0 Å². The van der Waals surface area contributed by atoms with Gasteiger partial charge >= 0.3 is 23.9 Å². The van der Waals surface area contributed by atoms with E-state index < -0.39 is 35.2 Å². The summed E-state index contributed by atoms with van der Waals surface area (Å²) in [7, 11) is 0. The van der Waals surface area contributed by atoms with Crippen molar-refractivity contribution in [3.63, 3.8) is 0 Å². The fourth-order valence-electron chi connectivity index (χ4n) is 2.15. The smallest absolute Gasteiger partial charge is 0.340 e. The molecule has 10 nitrogen and oxygen atoms in total. The highest BCUT2D eigenvalue weighted by Crippen LogP contribution is 2.35. The molecular formula is C19H14Cl2O10. The normalized spacial score (nSPS) is 9.48. The Bertz CT molecular complexity index is 970. The second kappa shape index (κ2) is 12.1. The Hall–Kier alpha value is -3.76. The first kappa shape index (κ1) is 25.3. The molecule has 0 aliphatic rings. The van der Waals surface area contributed by atoms with Gasteiger partial charge in [0.1, 0.15) is 35.9 Å². The van der Waals surface area contributed by atoms with E-state index in [-0.39, 0.29) is 29.0 Å². The molecule has 0 atom stereocenters. The van der Waals surface area contributed by atoms with Gasteiger partial charge in [-0.2, -0.15) is 0 Å². The van der Waals surface area contributed by atoms with Crippen LogP contribution in [0.25, 0.3) is 0 Å². The molecule has 0 aliphatic carbocycles. The van der Waals surface area contributed by atoms with Crippen molar-refractivity contribution < 1.29 is 47.8 Å². The SMILES string of the molecule is C=CCOC(=O)c1ccc(OCl)c(OCl)c1C(=O)O.O=C(O)c1ccccc1C(=O)O. The third-order valence-electron chi connectivity index (χ3n) is 3.44. The van der Waals surface area contributed by atoms with Gasteiger partial charge in [-0.15, -0.1) is 0 Å². The van der Waals surface area contributed by atoms with Crippen LogP contribution in [-0.2, 0) is 4.74 Å². The molecule has 0 saturated carbocycles. The summed E-state index contributed by atoms with van der Waals surface area (Å²) in [6, 6.07) is 7.87. The number of carbonyl (C=O) groups excluding carboxylic acids is 1. The number of carboxylic acid groups (broad SMARTS) is 3. The molecule has 2 rings (SSSR count). The predicted octanol–water partition coefficient (Wildman–Crippen LogP) is 3.88. The van der Waals surface area contributed by atoms with Gasteiger partial charge in [0.25, 0.3) is 0 Å². The lowest BCUT2D eigenvalue weighted by Gasteiger charge is -2.10. The molecule has 0 amide bonds. The van der Waals surface area contributed by atoms with Gasteiger partial charge in [0, 0.05) is 0 Å². The second-order valence-electron chi connectivity index (χ2n) is 5.32. The monoisotopic (exact) mass is 472 g/mol. The number of halogens is 2. The van der Waals surface area contributed by atoms with Crippen molar-refractivity contribution in [3.05, 3.63) is 71.3 Å². The highest BCUT2D eigenvalue weighted by molar-refractivity contribution is 6.13. The van der Waals surface area contributed by atoms with Crippen LogP contribution in [0.3, 0.4) is 0 Å². The zero-order valence-corrected chi connectivity index (χ0v) is 16.9. The molecule has 0 fully saturated rings. The second-order valence-corrected chi connectivity index (χ2v) is 5.63. The van der Waals surface area contributed by atoms with Crippen LogP contribution in [0.15, 0.2) is 49.1 Å². The maximum Gasteiger partial charge on any atom is 0.340 e. The van der Waals surface area contributed by atoms with Crippen molar-refractivity contribution in [2.75, 3.05) is 6.61 Å². The number of rotatable bonds is 8. The Labute approximate surface area is 185 Å². The van der Waals surface area contributed by atoms with Crippen molar-refractivity contribution in [2.45, 2.75) is 0 Å². The molecule has 3 N–H and O–H groups in total. The lowest BCUT2D eigenvalue weighted by atomic mass is 10.1. The van der Waals surface area contributed by atoms with Gasteiger partial charge in [0.15, 0.2) is 5.75 Å². The molecule has 12 heteroatoms. The van der Waals surface area contributed by atoms with E-state index in [0.29, 0.717) is 0 Å². The van der Waals surface area contributed by atoms with E-state index in [1.54, 1.807) is 0 Å². The summed E-state index contributed by atoms with van der Waals surface area (Å²) in [6.07, 6.45) is 1.34. The molecule has 0 aromatic heterocycles. The number of hydrogen-bond acceptors (Lipinski definition) is 7. The summed E-state index contributed by atoms with van der Waals surface area (Å²) < 4.78 is 13.5. The summed E-state index contributed by atoms with van der Waals surface area (Å²) in [5.41, 5.74) is -1.14. The first-order valence-electron chi connectivity index (χ1n) is 8.00. The number of hydrogen-bond donors (Lipinski definition) is 3. The van der Waals surface area contributed by atoms with Crippen LogP contribution < -0.4 is 8.58 Å². The Balaban J connectivity index is 0.000000343. The Morgan fingerprint density at radius 2 is 1.39 bits per heavy atom. The van der Waals surface area contributed by atoms with Crippen LogP contribution in [-0.4, -0.2) is 45.8 Å². The minimum Gasteiger partial charge on any atom is -0.478 e. The lowest BCUT2D eigenvalue weighted by Crippen LogP contribution is -2.13. The Morgan fingerprint density at radius 1 is 0.839 bits per heavy atom. The molecule has 0 heterocycles. The lowest BCUT2D eigenvalue weighted by molar-refractivity contribution is 0.0535. The zero-order valence-electron chi connectivity index (χ0n) is 15.4. The number of esters is 1. The van der Waals surface area contributed by atoms with Crippen molar-refractivity contribution >= 4 is 47.6 Å². The fraction of sp³-hybridized carbons (Fsp3) is 0.0526. The molecule has 0 spiro atoms. The van der Waals surface area contributed by atoms with Crippen LogP contribution in [0.2, 0.25) is 0 Å². The van der Waals surface area contributed by atoms with Gasteiger partial charge in [0.05, 0.1) is 16.7 Å². The van der Waals surface area contributed by atoms with Gasteiger partial charge in [-0.05, 0) is 24.3 Å². The minimum absolute atomic E-state index is 0.0668. The topological polar surface area (TPSA) is 157 Å². The molecule has 0 bridgehead atoms. The largest absolute Gasteiger partial charge is 0.478 e. The summed E-state index contributed by atoms with van der Waals surface area (Å²) in [5.74, 6) is -5.31. The van der Waals surface area contributed by atoms with Gasteiger partial charge in [-0.25, -0.2) is 19.2 Å². The highest BCUT2D eigenvalue weighted by Gasteiger charge is 2.26. The minimum atomic E-state index is -1.45. The van der Waals surface area contributed by atoms with Gasteiger partial charge in [-0.1, -0.05) is 24.8 Å². The molecule has 2 aromatic rings. The quantitative estimate of drug-likeness (QED) is 0.380. The average molecular weight is 473 g/mol. The van der Waals surface area contributed by atoms with Gasteiger partial charge < -0.3 is 28.6 Å². The molecule has 2 aromatic carbocycles. The van der Waals surface area contributed by atoms with Crippen molar-refractivity contribution in [3.8, 4) is 11.5 Å². The molecule has 31 heavy (non-hydrogen) atoms. The number of benzene rings is 2. The van der Waals surface area contributed by atoms with E-state index in [1.807, 2.05) is 0 Å². The summed E-state index contributed by atoms with van der Waals surface area (Å²) in [4.78, 5) is 43.8. The van der Waals surface area contributed by atoms with E-state index in [9.17, 15) is 19.2 Å². The maximum absolute atomic E-state index is 11.7. The van der Waals surface area contributed by atoms with E-state index in [2.05, 4.69) is 15.2 Å². The molecule has 0 saturated heterocycles. The van der Waals surface area contributed by atoms with E-state index >= 15 is 0 Å². The van der Waals surface area contributed by atoms with Crippen LogP contribution >= 0.6 is 23.7 Å².